The van der Waals surface area contributed by atoms with Crippen LogP contribution in [0.1, 0.15) is 15.2 Å². The van der Waals surface area contributed by atoms with Crippen LogP contribution in [0.2, 0.25) is 0 Å². The van der Waals surface area contributed by atoms with E-state index in [-0.39, 0.29) is 0 Å². The van der Waals surface area contributed by atoms with Gasteiger partial charge in [-0.2, -0.15) is 0 Å². The summed E-state index contributed by atoms with van der Waals surface area (Å²) < 4.78 is 2.50. The fourth-order valence-corrected chi connectivity index (χ4v) is 3.83. The maximum Gasteiger partial charge on any atom is 0.269 e. The normalized spacial score (nSPS) is 10.9. The van der Waals surface area contributed by atoms with Crippen molar-refractivity contribution in [2.24, 2.45) is 0 Å². The molecule has 0 spiro atoms. The Hall–Kier alpha value is -3.63. The predicted octanol–water partition coefficient (Wildman–Crippen LogP) is 3.63. The summed E-state index contributed by atoms with van der Waals surface area (Å²) in [6.07, 6.45) is 4.53. The third-order valence-corrected chi connectivity index (χ3v) is 5.83. The summed E-state index contributed by atoms with van der Waals surface area (Å²) in [6, 6.07) is 18.6. The van der Waals surface area contributed by atoms with E-state index in [1.54, 1.807) is 41.7 Å². The van der Waals surface area contributed by atoms with Crippen molar-refractivity contribution < 1.29 is 9.59 Å². The SMILES string of the molecule is O=C(/C=C/c1ccc(-c2ccc(Br)cc2)s1)NNC(=O)c1ccc(-n2cnnn2)cc1. The summed E-state index contributed by atoms with van der Waals surface area (Å²) in [5.74, 6) is -0.865. The Labute approximate surface area is 189 Å². The van der Waals surface area contributed by atoms with Gasteiger partial charge in [-0.25, -0.2) is 4.68 Å². The largest absolute Gasteiger partial charge is 0.269 e. The van der Waals surface area contributed by atoms with E-state index >= 15 is 0 Å². The van der Waals surface area contributed by atoms with Crippen LogP contribution in [-0.2, 0) is 4.79 Å². The first kappa shape index (κ1) is 20.6. The predicted molar refractivity (Wildman–Crippen MR) is 121 cm³/mol. The van der Waals surface area contributed by atoms with Crippen LogP contribution in [0.5, 0.6) is 0 Å². The Kier molecular flexibility index (Phi) is 6.29. The molecule has 0 radical (unpaired) electrons. The van der Waals surface area contributed by atoms with Crippen LogP contribution in [0.15, 0.2) is 77.5 Å². The number of tetrazole rings is 1. The van der Waals surface area contributed by atoms with Crippen molar-refractivity contribution in [1.82, 2.24) is 31.1 Å². The Morgan fingerprint density at radius 3 is 2.45 bits per heavy atom. The van der Waals surface area contributed by atoms with Crippen molar-refractivity contribution in [2.45, 2.75) is 0 Å². The van der Waals surface area contributed by atoms with Gasteiger partial charge in [0.05, 0.1) is 5.69 Å². The molecule has 2 heterocycles. The van der Waals surface area contributed by atoms with Gasteiger partial charge in [0.1, 0.15) is 6.33 Å². The quantitative estimate of drug-likeness (QED) is 0.325. The van der Waals surface area contributed by atoms with Gasteiger partial charge in [-0.05, 0) is 70.6 Å². The first-order valence-corrected chi connectivity index (χ1v) is 10.7. The van der Waals surface area contributed by atoms with Gasteiger partial charge in [0.25, 0.3) is 11.8 Å². The number of amides is 2. The molecular formula is C21H15BrN6O2S. The summed E-state index contributed by atoms with van der Waals surface area (Å²) in [4.78, 5) is 26.3. The summed E-state index contributed by atoms with van der Waals surface area (Å²) in [5.41, 5.74) is 6.97. The Balaban J connectivity index is 1.30. The second kappa shape index (κ2) is 9.45. The van der Waals surface area contributed by atoms with E-state index in [2.05, 4.69) is 42.3 Å². The van der Waals surface area contributed by atoms with Gasteiger partial charge >= 0.3 is 0 Å². The highest BCUT2D eigenvalue weighted by Crippen LogP contribution is 2.29. The summed E-state index contributed by atoms with van der Waals surface area (Å²) in [5, 5.41) is 10.9. The van der Waals surface area contributed by atoms with Gasteiger partial charge in [-0.15, -0.1) is 16.4 Å². The number of carbonyl (C=O) groups excluding carboxylic acids is 2. The van der Waals surface area contributed by atoms with Crippen molar-refractivity contribution in [3.8, 4) is 16.1 Å². The van der Waals surface area contributed by atoms with Crippen molar-refractivity contribution >= 4 is 45.2 Å². The molecule has 2 N–H and O–H groups in total. The maximum absolute atomic E-state index is 12.2. The standard InChI is InChI=1S/C21H15BrN6O2S/c22-16-5-1-14(2-6-16)19-11-9-18(31-19)10-12-20(29)24-25-21(30)15-3-7-17(8-4-15)28-13-23-26-27-28/h1-13H,(H,24,29)(H,25,30)/b12-10+. The van der Waals surface area contributed by atoms with Crippen LogP contribution in [-0.4, -0.2) is 32.0 Å². The van der Waals surface area contributed by atoms with Gasteiger partial charge in [0, 0.05) is 25.9 Å². The monoisotopic (exact) mass is 494 g/mol. The molecule has 0 atom stereocenters. The van der Waals surface area contributed by atoms with Gasteiger partial charge in [-0.1, -0.05) is 28.1 Å². The number of halogens is 1. The third-order valence-electron chi connectivity index (χ3n) is 4.20. The maximum atomic E-state index is 12.2. The number of aromatic nitrogens is 4. The molecule has 0 aliphatic rings. The number of hydrogen-bond donors (Lipinski definition) is 2. The van der Waals surface area contributed by atoms with Crippen LogP contribution < -0.4 is 10.9 Å². The van der Waals surface area contributed by atoms with Gasteiger partial charge < -0.3 is 0 Å². The molecule has 10 heteroatoms. The molecule has 0 aliphatic carbocycles. The van der Waals surface area contributed by atoms with Gasteiger partial charge in [-0.3, -0.25) is 20.4 Å². The molecule has 0 aliphatic heterocycles. The van der Waals surface area contributed by atoms with E-state index in [0.29, 0.717) is 11.3 Å². The Morgan fingerprint density at radius 2 is 1.74 bits per heavy atom. The van der Waals surface area contributed by atoms with E-state index in [4.69, 9.17) is 0 Å². The highest BCUT2D eigenvalue weighted by atomic mass is 79.9. The number of thiophene rings is 1. The topological polar surface area (TPSA) is 102 Å². The lowest BCUT2D eigenvalue weighted by molar-refractivity contribution is -0.117. The fourth-order valence-electron chi connectivity index (χ4n) is 2.65. The average molecular weight is 495 g/mol. The van der Waals surface area contributed by atoms with E-state index in [0.717, 1.165) is 19.8 Å². The van der Waals surface area contributed by atoms with Crippen LogP contribution in [0.25, 0.3) is 22.2 Å². The van der Waals surface area contributed by atoms with Crippen LogP contribution in [0.4, 0.5) is 0 Å². The molecular weight excluding hydrogens is 480 g/mol. The Morgan fingerprint density at radius 1 is 0.968 bits per heavy atom. The fraction of sp³-hybridized carbons (Fsp3) is 0. The third kappa shape index (κ3) is 5.30. The zero-order chi connectivity index (χ0) is 21.6. The van der Waals surface area contributed by atoms with E-state index in [1.807, 2.05) is 36.4 Å². The van der Waals surface area contributed by atoms with Crippen LogP contribution in [0.3, 0.4) is 0 Å². The van der Waals surface area contributed by atoms with E-state index in [1.165, 1.54) is 17.1 Å². The minimum Gasteiger partial charge on any atom is -0.268 e. The van der Waals surface area contributed by atoms with Crippen LogP contribution >= 0.6 is 27.3 Å². The minimum atomic E-state index is -0.433. The molecule has 2 amide bonds. The lowest BCUT2D eigenvalue weighted by Crippen LogP contribution is -2.40. The number of nitrogens with one attached hydrogen (secondary N) is 2. The lowest BCUT2D eigenvalue weighted by Gasteiger charge is -2.06. The highest BCUT2D eigenvalue weighted by Gasteiger charge is 2.07. The molecule has 0 saturated carbocycles. The van der Waals surface area contributed by atoms with Gasteiger partial charge in [0.15, 0.2) is 0 Å². The molecule has 2 aromatic heterocycles. The summed E-state index contributed by atoms with van der Waals surface area (Å²) >= 11 is 4.99. The van der Waals surface area contributed by atoms with Crippen molar-refractivity contribution in [1.29, 1.82) is 0 Å². The summed E-state index contributed by atoms with van der Waals surface area (Å²) in [7, 11) is 0. The number of hydrazine groups is 1. The molecule has 0 bridgehead atoms. The molecule has 0 fully saturated rings. The number of nitrogens with zero attached hydrogens (tertiary/aromatic N) is 4. The first-order valence-electron chi connectivity index (χ1n) is 9.06. The van der Waals surface area contributed by atoms with E-state index < -0.39 is 11.8 Å². The molecule has 2 aromatic carbocycles. The van der Waals surface area contributed by atoms with Gasteiger partial charge in [0.2, 0.25) is 0 Å². The molecule has 0 saturated heterocycles. The van der Waals surface area contributed by atoms with Crippen LogP contribution in [0, 0.1) is 0 Å². The lowest BCUT2D eigenvalue weighted by atomic mass is 10.2. The highest BCUT2D eigenvalue weighted by molar-refractivity contribution is 9.10. The van der Waals surface area contributed by atoms with E-state index in [9.17, 15) is 9.59 Å². The molecule has 154 valence electrons. The molecule has 4 rings (SSSR count). The Bertz CT molecular complexity index is 1220. The van der Waals surface area contributed by atoms with Crippen molar-refractivity contribution in [2.75, 3.05) is 0 Å². The smallest absolute Gasteiger partial charge is 0.268 e. The number of benzene rings is 2. The van der Waals surface area contributed by atoms with Crippen molar-refractivity contribution in [3.05, 3.63) is 88.0 Å². The van der Waals surface area contributed by atoms with Crippen molar-refractivity contribution in [3.63, 3.8) is 0 Å². The second-order valence-corrected chi connectivity index (χ2v) is 8.32. The number of hydrogen-bond acceptors (Lipinski definition) is 6. The molecule has 4 aromatic rings. The number of carbonyl (C=O) groups is 2. The summed E-state index contributed by atoms with van der Waals surface area (Å²) in [6.45, 7) is 0. The molecule has 31 heavy (non-hydrogen) atoms. The zero-order valence-corrected chi connectivity index (χ0v) is 18.3. The average Bonchev–Trinajstić information content (AvgIpc) is 3.49. The molecule has 8 nitrogen and oxygen atoms in total. The molecule has 0 unspecified atom stereocenters. The first-order chi connectivity index (χ1) is 15.1. The zero-order valence-electron chi connectivity index (χ0n) is 15.9. The minimum absolute atomic E-state index is 0.388. The second-order valence-electron chi connectivity index (χ2n) is 6.29. The number of rotatable bonds is 5.